The fraction of sp³-hybridized carbons (Fsp3) is 0.0952. The van der Waals surface area contributed by atoms with Gasteiger partial charge in [-0.15, -0.1) is 0 Å². The van der Waals surface area contributed by atoms with Crippen LogP contribution < -0.4 is 0 Å². The SMILES string of the molecule is Cn1c(C(O)(c2ccccc2)c2ccccc2)pc2ccccc21. The molecule has 0 atom stereocenters. The largest absolute Gasteiger partial charge is 0.374 e. The van der Waals surface area contributed by atoms with Gasteiger partial charge < -0.3 is 9.67 Å². The molecule has 0 unspecified atom stereocenters. The molecule has 1 heterocycles. The van der Waals surface area contributed by atoms with Gasteiger partial charge >= 0.3 is 0 Å². The fourth-order valence-electron chi connectivity index (χ4n) is 3.25. The first-order valence-corrected chi connectivity index (χ1v) is 8.86. The fourth-order valence-corrected chi connectivity index (χ4v) is 4.66. The van der Waals surface area contributed by atoms with Gasteiger partial charge in [-0.2, -0.15) is 0 Å². The van der Waals surface area contributed by atoms with Crippen LogP contribution in [0.5, 0.6) is 0 Å². The van der Waals surface area contributed by atoms with E-state index in [4.69, 9.17) is 0 Å². The first kappa shape index (κ1) is 15.1. The lowest BCUT2D eigenvalue weighted by Crippen LogP contribution is -2.30. The minimum Gasteiger partial charge on any atom is -0.374 e. The third kappa shape index (κ3) is 2.27. The van der Waals surface area contributed by atoms with Crippen LogP contribution in [0, 0.1) is 0 Å². The number of fused-ring (bicyclic) bond motifs is 1. The normalized spacial score (nSPS) is 12.1. The molecule has 1 aromatic heterocycles. The number of aromatic nitrogens is 1. The molecule has 0 amide bonds. The summed E-state index contributed by atoms with van der Waals surface area (Å²) in [7, 11) is 3.07. The molecule has 0 saturated carbocycles. The standard InChI is InChI=1S/C21H18NOP/c1-22-18-14-8-9-15-19(18)24-20(22)21(23,16-10-4-2-5-11-16)17-12-6-3-7-13-17/h2-15,23H,1H3. The van der Waals surface area contributed by atoms with E-state index in [9.17, 15) is 5.11 Å². The maximum atomic E-state index is 11.9. The van der Waals surface area contributed by atoms with E-state index >= 15 is 0 Å². The quantitative estimate of drug-likeness (QED) is 0.559. The van der Waals surface area contributed by atoms with E-state index in [0.29, 0.717) is 0 Å². The molecule has 0 radical (unpaired) electrons. The zero-order chi connectivity index (χ0) is 16.6. The van der Waals surface area contributed by atoms with Crippen molar-refractivity contribution in [2.45, 2.75) is 5.60 Å². The van der Waals surface area contributed by atoms with Crippen LogP contribution in [-0.2, 0) is 12.6 Å². The highest BCUT2D eigenvalue weighted by Gasteiger charge is 2.37. The summed E-state index contributed by atoms with van der Waals surface area (Å²) >= 11 is 0. The Hall–Kier alpha value is -2.41. The molecule has 4 aromatic rings. The van der Waals surface area contributed by atoms with Gasteiger partial charge in [0.2, 0.25) is 0 Å². The van der Waals surface area contributed by atoms with Crippen molar-refractivity contribution in [2.24, 2.45) is 7.05 Å². The molecular weight excluding hydrogens is 313 g/mol. The summed E-state index contributed by atoms with van der Waals surface area (Å²) in [5.74, 6) is 0. The highest BCUT2D eigenvalue weighted by atomic mass is 31.0. The summed E-state index contributed by atoms with van der Waals surface area (Å²) in [6, 6.07) is 28.1. The van der Waals surface area contributed by atoms with Crippen molar-refractivity contribution >= 4 is 18.8 Å². The highest BCUT2D eigenvalue weighted by Crippen LogP contribution is 2.44. The topological polar surface area (TPSA) is 25.2 Å². The Morgan fingerprint density at radius 3 is 1.79 bits per heavy atom. The van der Waals surface area contributed by atoms with Gasteiger partial charge in [0.25, 0.3) is 0 Å². The zero-order valence-electron chi connectivity index (χ0n) is 13.4. The molecular formula is C21H18NOP. The summed E-state index contributed by atoms with van der Waals surface area (Å²) in [5, 5.41) is 13.1. The van der Waals surface area contributed by atoms with Crippen LogP contribution in [-0.4, -0.2) is 9.67 Å². The van der Waals surface area contributed by atoms with Crippen LogP contribution in [0.2, 0.25) is 0 Å². The van der Waals surface area contributed by atoms with Gasteiger partial charge in [-0.3, -0.25) is 0 Å². The van der Waals surface area contributed by atoms with E-state index in [1.165, 1.54) is 5.12 Å². The van der Waals surface area contributed by atoms with E-state index in [2.05, 4.69) is 16.7 Å². The predicted octanol–water partition coefficient (Wildman–Crippen LogP) is 5.04. The monoisotopic (exact) mass is 331 g/mol. The molecule has 118 valence electrons. The second-order valence-electron chi connectivity index (χ2n) is 5.93. The molecule has 1 N–H and O–H groups in total. The number of aliphatic hydroxyl groups is 1. The molecule has 0 aliphatic rings. The lowest BCUT2D eigenvalue weighted by molar-refractivity contribution is 0.122. The number of rotatable bonds is 3. The molecule has 0 spiro atoms. The Bertz CT molecular complexity index is 937. The summed E-state index contributed by atoms with van der Waals surface area (Å²) in [6.45, 7) is 0. The molecule has 3 heteroatoms. The number of para-hydroxylation sites is 1. The van der Waals surface area contributed by atoms with Crippen LogP contribution in [0.3, 0.4) is 0 Å². The second kappa shape index (κ2) is 5.90. The van der Waals surface area contributed by atoms with Crippen LogP contribution in [0.4, 0.5) is 0 Å². The molecule has 3 aromatic carbocycles. The van der Waals surface area contributed by atoms with E-state index in [-0.39, 0.29) is 0 Å². The van der Waals surface area contributed by atoms with E-state index < -0.39 is 5.60 Å². The van der Waals surface area contributed by atoms with Gasteiger partial charge in [0.15, 0.2) is 5.60 Å². The van der Waals surface area contributed by atoms with E-state index in [1.807, 2.05) is 79.8 Å². The molecule has 0 fully saturated rings. The smallest absolute Gasteiger partial charge is 0.159 e. The summed E-state index contributed by atoms with van der Waals surface area (Å²) in [5.41, 5.74) is 2.73. The number of aryl methyl sites for hydroxylation is 1. The Morgan fingerprint density at radius 1 is 0.750 bits per heavy atom. The number of hydrogen-bond donors (Lipinski definition) is 1. The maximum Gasteiger partial charge on any atom is 0.159 e. The molecule has 0 bridgehead atoms. The number of nitrogens with zero attached hydrogens (tertiary/aromatic N) is 1. The molecule has 0 saturated heterocycles. The minimum absolute atomic E-state index is 0.887. The molecule has 24 heavy (non-hydrogen) atoms. The minimum atomic E-state index is -1.15. The average Bonchev–Trinajstić information content (AvgIpc) is 3.00. The molecule has 0 aliphatic carbocycles. The van der Waals surface area contributed by atoms with Gasteiger partial charge in [0.05, 0.1) is 10.9 Å². The zero-order valence-corrected chi connectivity index (χ0v) is 14.3. The van der Waals surface area contributed by atoms with Gasteiger partial charge in [-0.1, -0.05) is 72.8 Å². The number of benzene rings is 3. The van der Waals surface area contributed by atoms with Crippen LogP contribution in [0.25, 0.3) is 10.6 Å². The van der Waals surface area contributed by atoms with Crippen molar-refractivity contribution in [3.05, 3.63) is 101 Å². The van der Waals surface area contributed by atoms with Gasteiger partial charge in [0.1, 0.15) is 0 Å². The predicted molar refractivity (Wildman–Crippen MR) is 100 cm³/mol. The van der Waals surface area contributed by atoms with Gasteiger partial charge in [-0.25, -0.2) is 0 Å². The van der Waals surface area contributed by atoms with Crippen molar-refractivity contribution in [1.29, 1.82) is 0 Å². The van der Waals surface area contributed by atoms with Crippen molar-refractivity contribution in [2.75, 3.05) is 0 Å². The first-order valence-electron chi connectivity index (χ1n) is 7.96. The third-order valence-electron chi connectivity index (χ3n) is 4.49. The van der Waals surface area contributed by atoms with Crippen molar-refractivity contribution < 1.29 is 5.11 Å². The summed E-state index contributed by atoms with van der Waals surface area (Å²) in [4.78, 5) is 0. The summed E-state index contributed by atoms with van der Waals surface area (Å²) < 4.78 is 2.12. The highest BCUT2D eigenvalue weighted by molar-refractivity contribution is 7.37. The van der Waals surface area contributed by atoms with Crippen molar-refractivity contribution in [3.63, 3.8) is 0 Å². The number of hydrogen-bond acceptors (Lipinski definition) is 1. The van der Waals surface area contributed by atoms with E-state index in [0.717, 1.165) is 30.3 Å². The molecule has 2 nitrogen and oxygen atoms in total. The van der Waals surface area contributed by atoms with Crippen LogP contribution in [0.1, 0.15) is 16.6 Å². The molecule has 4 rings (SSSR count). The van der Waals surface area contributed by atoms with Gasteiger partial charge in [-0.05, 0) is 31.5 Å². The van der Waals surface area contributed by atoms with Crippen molar-refractivity contribution in [1.82, 2.24) is 4.57 Å². The van der Waals surface area contributed by atoms with Gasteiger partial charge in [0, 0.05) is 12.2 Å². The summed E-state index contributed by atoms with van der Waals surface area (Å²) in [6.07, 6.45) is 0. The molecule has 0 aliphatic heterocycles. The lowest BCUT2D eigenvalue weighted by Gasteiger charge is -2.29. The average molecular weight is 331 g/mol. The maximum absolute atomic E-state index is 11.9. The third-order valence-corrected chi connectivity index (χ3v) is 5.95. The Balaban J connectivity index is 2.05. The van der Waals surface area contributed by atoms with Crippen LogP contribution >= 0.6 is 8.19 Å². The second-order valence-corrected chi connectivity index (χ2v) is 7.05. The van der Waals surface area contributed by atoms with Crippen LogP contribution in [0.15, 0.2) is 84.9 Å². The lowest BCUT2D eigenvalue weighted by atomic mass is 9.86. The van der Waals surface area contributed by atoms with Crippen molar-refractivity contribution in [3.8, 4) is 0 Å². The first-order chi connectivity index (χ1) is 11.7. The van der Waals surface area contributed by atoms with E-state index in [1.54, 1.807) is 0 Å². The Kier molecular flexibility index (Phi) is 3.72. The Labute approximate surface area is 143 Å². The Morgan fingerprint density at radius 2 is 1.25 bits per heavy atom.